The SMILES string of the molecule is CCC(N)Cc1cccc(OC2CC(C)CC(C)C2)c1. The first-order valence-corrected chi connectivity index (χ1v) is 8.08. The van der Waals surface area contributed by atoms with Gasteiger partial charge in [-0.05, 0) is 61.6 Å². The molecule has 1 aromatic carbocycles. The maximum absolute atomic E-state index is 6.21. The third-order valence-corrected chi connectivity index (χ3v) is 4.36. The van der Waals surface area contributed by atoms with Gasteiger partial charge >= 0.3 is 0 Å². The quantitative estimate of drug-likeness (QED) is 0.875. The van der Waals surface area contributed by atoms with E-state index in [2.05, 4.69) is 45.0 Å². The Labute approximate surface area is 123 Å². The molecule has 0 spiro atoms. The highest BCUT2D eigenvalue weighted by Crippen LogP contribution is 2.31. The first kappa shape index (κ1) is 15.4. The molecule has 0 bridgehead atoms. The predicted molar refractivity (Wildman–Crippen MR) is 85.0 cm³/mol. The van der Waals surface area contributed by atoms with Crippen LogP contribution in [0.5, 0.6) is 5.75 Å². The molecule has 0 radical (unpaired) electrons. The summed E-state index contributed by atoms with van der Waals surface area (Å²) in [6.07, 6.45) is 6.04. The average molecular weight is 275 g/mol. The molecule has 3 unspecified atom stereocenters. The molecule has 1 aliphatic carbocycles. The second kappa shape index (κ2) is 7.12. The van der Waals surface area contributed by atoms with Crippen molar-refractivity contribution in [1.29, 1.82) is 0 Å². The highest BCUT2D eigenvalue weighted by Gasteiger charge is 2.25. The molecule has 1 fully saturated rings. The molecule has 1 aromatic rings. The average Bonchev–Trinajstić information content (AvgIpc) is 2.37. The molecule has 1 aliphatic rings. The number of nitrogens with two attached hydrogens (primary N) is 1. The topological polar surface area (TPSA) is 35.2 Å². The summed E-state index contributed by atoms with van der Waals surface area (Å²) in [5.74, 6) is 2.57. The first-order valence-electron chi connectivity index (χ1n) is 8.08. The van der Waals surface area contributed by atoms with Crippen LogP contribution in [-0.4, -0.2) is 12.1 Å². The van der Waals surface area contributed by atoms with Crippen molar-refractivity contribution in [2.45, 2.75) is 65.0 Å². The van der Waals surface area contributed by atoms with Gasteiger partial charge in [0.2, 0.25) is 0 Å². The first-order chi connectivity index (χ1) is 9.56. The Hall–Kier alpha value is -1.02. The molecule has 0 saturated heterocycles. The Balaban J connectivity index is 1.97. The van der Waals surface area contributed by atoms with Crippen LogP contribution in [0.15, 0.2) is 24.3 Å². The van der Waals surface area contributed by atoms with Crippen LogP contribution in [0.4, 0.5) is 0 Å². The van der Waals surface area contributed by atoms with Gasteiger partial charge in [-0.2, -0.15) is 0 Å². The Morgan fingerprint density at radius 2 is 1.90 bits per heavy atom. The molecule has 2 N–H and O–H groups in total. The van der Waals surface area contributed by atoms with E-state index in [1.807, 2.05) is 0 Å². The summed E-state index contributed by atoms with van der Waals surface area (Å²) in [5, 5.41) is 0. The Morgan fingerprint density at radius 1 is 1.20 bits per heavy atom. The fourth-order valence-corrected chi connectivity index (χ4v) is 3.35. The van der Waals surface area contributed by atoms with Crippen LogP contribution >= 0.6 is 0 Å². The highest BCUT2D eigenvalue weighted by atomic mass is 16.5. The van der Waals surface area contributed by atoms with Gasteiger partial charge in [0.05, 0.1) is 6.10 Å². The van der Waals surface area contributed by atoms with Crippen LogP contribution in [0.3, 0.4) is 0 Å². The Morgan fingerprint density at radius 3 is 2.55 bits per heavy atom. The van der Waals surface area contributed by atoms with E-state index in [9.17, 15) is 0 Å². The smallest absolute Gasteiger partial charge is 0.119 e. The minimum Gasteiger partial charge on any atom is -0.490 e. The lowest BCUT2D eigenvalue weighted by Gasteiger charge is -2.31. The predicted octanol–water partition coefficient (Wildman–Crippen LogP) is 4.17. The zero-order valence-electron chi connectivity index (χ0n) is 13.1. The third kappa shape index (κ3) is 4.52. The van der Waals surface area contributed by atoms with Crippen LogP contribution in [0, 0.1) is 11.8 Å². The van der Waals surface area contributed by atoms with Crippen LogP contribution in [-0.2, 0) is 6.42 Å². The zero-order chi connectivity index (χ0) is 14.5. The van der Waals surface area contributed by atoms with Gasteiger partial charge in [-0.3, -0.25) is 0 Å². The Bertz CT molecular complexity index is 408. The van der Waals surface area contributed by atoms with Gasteiger partial charge in [-0.15, -0.1) is 0 Å². The van der Waals surface area contributed by atoms with Gasteiger partial charge in [0.1, 0.15) is 5.75 Å². The lowest BCUT2D eigenvalue weighted by Crippen LogP contribution is -2.28. The maximum atomic E-state index is 6.21. The van der Waals surface area contributed by atoms with E-state index >= 15 is 0 Å². The van der Waals surface area contributed by atoms with E-state index in [4.69, 9.17) is 10.5 Å². The number of ether oxygens (including phenoxy) is 1. The molecule has 0 heterocycles. The molecule has 2 heteroatoms. The van der Waals surface area contributed by atoms with Crippen LogP contribution < -0.4 is 10.5 Å². The molecule has 0 amide bonds. The van der Waals surface area contributed by atoms with Gasteiger partial charge in [0.15, 0.2) is 0 Å². The summed E-state index contributed by atoms with van der Waals surface area (Å²) < 4.78 is 6.21. The maximum Gasteiger partial charge on any atom is 0.119 e. The van der Waals surface area contributed by atoms with E-state index in [1.165, 1.54) is 24.8 Å². The Kier molecular flexibility index (Phi) is 5.47. The van der Waals surface area contributed by atoms with Crippen LogP contribution in [0.2, 0.25) is 0 Å². The molecular formula is C18H29NO. The molecule has 0 aliphatic heterocycles. The van der Waals surface area contributed by atoms with Crippen molar-refractivity contribution in [3.63, 3.8) is 0 Å². The second-order valence-electron chi connectivity index (χ2n) is 6.68. The third-order valence-electron chi connectivity index (χ3n) is 4.36. The van der Waals surface area contributed by atoms with Crippen molar-refractivity contribution >= 4 is 0 Å². The van der Waals surface area contributed by atoms with Crippen LogP contribution in [0.25, 0.3) is 0 Å². The fourth-order valence-electron chi connectivity index (χ4n) is 3.35. The summed E-state index contributed by atoms with van der Waals surface area (Å²) in [4.78, 5) is 0. The number of hydrogen-bond acceptors (Lipinski definition) is 2. The molecule has 2 rings (SSSR count). The molecule has 1 saturated carbocycles. The molecule has 112 valence electrons. The summed E-state index contributed by atoms with van der Waals surface area (Å²) >= 11 is 0. The standard InChI is InChI=1S/C18H29NO/c1-4-16(19)11-15-6-5-7-17(12-15)20-18-9-13(2)8-14(3)10-18/h5-7,12-14,16,18H,4,8-11,19H2,1-3H3. The van der Waals surface area contributed by atoms with Crippen molar-refractivity contribution in [2.24, 2.45) is 17.6 Å². The number of benzene rings is 1. The number of hydrogen-bond donors (Lipinski definition) is 1. The van der Waals surface area contributed by atoms with E-state index in [0.29, 0.717) is 6.10 Å². The van der Waals surface area contributed by atoms with Crippen molar-refractivity contribution < 1.29 is 4.74 Å². The molecule has 3 atom stereocenters. The zero-order valence-corrected chi connectivity index (χ0v) is 13.1. The molecular weight excluding hydrogens is 246 g/mol. The monoisotopic (exact) mass is 275 g/mol. The van der Waals surface area contributed by atoms with Gasteiger partial charge in [0.25, 0.3) is 0 Å². The van der Waals surface area contributed by atoms with Crippen LogP contribution in [0.1, 0.15) is 52.0 Å². The van der Waals surface area contributed by atoms with Crippen molar-refractivity contribution in [1.82, 2.24) is 0 Å². The lowest BCUT2D eigenvalue weighted by molar-refractivity contribution is 0.101. The summed E-state index contributed by atoms with van der Waals surface area (Å²) in [6, 6.07) is 8.72. The van der Waals surface area contributed by atoms with E-state index < -0.39 is 0 Å². The second-order valence-corrected chi connectivity index (χ2v) is 6.68. The largest absolute Gasteiger partial charge is 0.490 e. The fraction of sp³-hybridized carbons (Fsp3) is 0.667. The summed E-state index contributed by atoms with van der Waals surface area (Å²) in [5.41, 5.74) is 7.32. The molecule has 2 nitrogen and oxygen atoms in total. The normalized spacial score (nSPS) is 28.1. The van der Waals surface area contributed by atoms with Gasteiger partial charge in [-0.25, -0.2) is 0 Å². The van der Waals surface area contributed by atoms with Gasteiger partial charge in [-0.1, -0.05) is 32.9 Å². The highest BCUT2D eigenvalue weighted by molar-refractivity contribution is 5.29. The molecule has 20 heavy (non-hydrogen) atoms. The van der Waals surface area contributed by atoms with E-state index in [-0.39, 0.29) is 6.04 Å². The summed E-state index contributed by atoms with van der Waals surface area (Å²) in [6.45, 7) is 6.81. The molecule has 0 aromatic heterocycles. The van der Waals surface area contributed by atoms with E-state index in [0.717, 1.165) is 30.4 Å². The lowest BCUT2D eigenvalue weighted by atomic mass is 9.82. The van der Waals surface area contributed by atoms with Crippen molar-refractivity contribution in [2.75, 3.05) is 0 Å². The van der Waals surface area contributed by atoms with E-state index in [1.54, 1.807) is 0 Å². The summed E-state index contributed by atoms with van der Waals surface area (Å²) in [7, 11) is 0. The minimum absolute atomic E-state index is 0.250. The van der Waals surface area contributed by atoms with Gasteiger partial charge < -0.3 is 10.5 Å². The minimum atomic E-state index is 0.250. The number of rotatable bonds is 5. The van der Waals surface area contributed by atoms with Crippen molar-refractivity contribution in [3.8, 4) is 5.75 Å². The van der Waals surface area contributed by atoms with Gasteiger partial charge in [0, 0.05) is 6.04 Å². The van der Waals surface area contributed by atoms with Crippen molar-refractivity contribution in [3.05, 3.63) is 29.8 Å².